The van der Waals surface area contributed by atoms with Gasteiger partial charge in [-0.2, -0.15) is 0 Å². The Morgan fingerprint density at radius 1 is 1.21 bits per heavy atom. The smallest absolute Gasteiger partial charge is 0.275 e. The van der Waals surface area contributed by atoms with E-state index in [1.807, 2.05) is 53.3 Å². The molecular weight excluding hydrogens is 434 g/mol. The number of fused-ring (bicyclic) bond motifs is 3. The molecule has 3 aromatic rings. The zero-order valence-corrected chi connectivity index (χ0v) is 20.4. The summed E-state index contributed by atoms with van der Waals surface area (Å²) in [4.78, 5) is 29.6. The summed E-state index contributed by atoms with van der Waals surface area (Å²) in [5, 5.41) is 5.38. The van der Waals surface area contributed by atoms with Crippen LogP contribution >= 0.6 is 11.3 Å². The lowest BCUT2D eigenvalue weighted by molar-refractivity contribution is -0.128. The molecule has 1 N–H and O–H groups in total. The monoisotopic (exact) mass is 465 g/mol. The van der Waals surface area contributed by atoms with E-state index in [-0.39, 0.29) is 17.9 Å². The molecule has 0 spiro atoms. The van der Waals surface area contributed by atoms with Gasteiger partial charge in [0, 0.05) is 17.8 Å². The minimum Gasteiger partial charge on any atom is -0.497 e. The summed E-state index contributed by atoms with van der Waals surface area (Å²) in [5.74, 6) is 1.36. The molecule has 1 aliphatic carbocycles. The van der Waals surface area contributed by atoms with E-state index in [2.05, 4.69) is 19.2 Å². The van der Waals surface area contributed by atoms with Crippen molar-refractivity contribution >= 4 is 39.1 Å². The standard InChI is InChI=1S/C26H31N3O3S/c1-16-7-5-10-20(17(16)2)27-25(31)26(3)15-28-21-11-12-33-23(21)14-22(28)24(30)29(26)18-8-6-9-19(13-18)32-4/h6,8-9,11-14,16-17,20H,5,7,10,15H2,1-4H3,(H,27,31)/t16-,17+,20-,26-/m1/s1. The van der Waals surface area contributed by atoms with Crippen molar-refractivity contribution in [3.8, 4) is 5.75 Å². The minimum absolute atomic E-state index is 0.104. The highest BCUT2D eigenvalue weighted by Gasteiger charge is 2.49. The second kappa shape index (κ2) is 8.20. The molecule has 2 amide bonds. The highest BCUT2D eigenvalue weighted by atomic mass is 32.1. The summed E-state index contributed by atoms with van der Waals surface area (Å²) in [5.41, 5.74) is 1.21. The number of anilines is 1. The molecule has 1 aliphatic heterocycles. The number of carbonyl (C=O) groups is 2. The molecule has 1 saturated carbocycles. The predicted octanol–water partition coefficient (Wildman–Crippen LogP) is 5.07. The van der Waals surface area contributed by atoms with E-state index in [4.69, 9.17) is 4.74 Å². The molecule has 174 valence electrons. The number of thiophene rings is 1. The zero-order chi connectivity index (χ0) is 23.3. The molecule has 33 heavy (non-hydrogen) atoms. The van der Waals surface area contributed by atoms with Crippen LogP contribution in [0.25, 0.3) is 10.2 Å². The van der Waals surface area contributed by atoms with Crippen molar-refractivity contribution in [3.05, 3.63) is 47.5 Å². The first-order valence-electron chi connectivity index (χ1n) is 11.7. The molecule has 0 radical (unpaired) electrons. The Kier molecular flexibility index (Phi) is 5.47. The number of aromatic nitrogens is 1. The van der Waals surface area contributed by atoms with Crippen molar-refractivity contribution in [2.45, 2.75) is 58.2 Å². The number of benzene rings is 1. The second-order valence-electron chi connectivity index (χ2n) is 9.75. The van der Waals surface area contributed by atoms with Crippen LogP contribution in [0.5, 0.6) is 5.75 Å². The summed E-state index contributed by atoms with van der Waals surface area (Å²) in [6.45, 7) is 6.77. The molecule has 0 bridgehead atoms. The van der Waals surface area contributed by atoms with Gasteiger partial charge in [0.05, 0.1) is 23.9 Å². The van der Waals surface area contributed by atoms with Crippen molar-refractivity contribution in [3.63, 3.8) is 0 Å². The van der Waals surface area contributed by atoms with Crippen LogP contribution in [0.3, 0.4) is 0 Å². The van der Waals surface area contributed by atoms with Gasteiger partial charge >= 0.3 is 0 Å². The lowest BCUT2D eigenvalue weighted by atomic mass is 9.77. The van der Waals surface area contributed by atoms with Crippen LogP contribution in [0.2, 0.25) is 0 Å². The first kappa shape index (κ1) is 22.0. The Morgan fingerprint density at radius 2 is 2.03 bits per heavy atom. The molecule has 7 heteroatoms. The van der Waals surface area contributed by atoms with Crippen LogP contribution in [0.4, 0.5) is 5.69 Å². The lowest BCUT2D eigenvalue weighted by Gasteiger charge is -2.45. The molecule has 0 unspecified atom stereocenters. The van der Waals surface area contributed by atoms with E-state index >= 15 is 0 Å². The van der Waals surface area contributed by atoms with Gasteiger partial charge in [0.2, 0.25) is 5.91 Å². The number of hydrogen-bond donors (Lipinski definition) is 1. The number of ether oxygens (including phenoxy) is 1. The van der Waals surface area contributed by atoms with E-state index in [1.165, 1.54) is 6.42 Å². The highest BCUT2D eigenvalue weighted by molar-refractivity contribution is 7.17. The Bertz CT molecular complexity index is 1210. The SMILES string of the molecule is COc1cccc(N2C(=O)c3cc4sccc4n3C[C@]2(C)C(=O)N[C@@H]2CCC[C@@H](C)[C@@H]2C)c1. The Hall–Kier alpha value is -2.80. The third-order valence-electron chi connectivity index (χ3n) is 7.73. The van der Waals surface area contributed by atoms with Crippen LogP contribution in [-0.4, -0.2) is 35.1 Å². The number of hydrogen-bond acceptors (Lipinski definition) is 4. The minimum atomic E-state index is -1.08. The summed E-state index contributed by atoms with van der Waals surface area (Å²) >= 11 is 1.61. The van der Waals surface area contributed by atoms with E-state index < -0.39 is 5.54 Å². The number of nitrogens with one attached hydrogen (secondary N) is 1. The molecule has 2 aromatic heterocycles. The van der Waals surface area contributed by atoms with E-state index in [1.54, 1.807) is 23.3 Å². The molecule has 3 heterocycles. The first-order chi connectivity index (χ1) is 15.8. The molecule has 5 rings (SSSR count). The van der Waals surface area contributed by atoms with E-state index in [9.17, 15) is 9.59 Å². The normalized spacial score (nSPS) is 27.5. The zero-order valence-electron chi connectivity index (χ0n) is 19.6. The molecule has 1 aromatic carbocycles. The Morgan fingerprint density at radius 3 is 2.82 bits per heavy atom. The quantitative estimate of drug-likeness (QED) is 0.585. The van der Waals surface area contributed by atoms with Gasteiger partial charge in [-0.15, -0.1) is 11.3 Å². The molecule has 6 nitrogen and oxygen atoms in total. The van der Waals surface area contributed by atoms with Gasteiger partial charge in [-0.25, -0.2) is 0 Å². The highest BCUT2D eigenvalue weighted by Crippen LogP contribution is 2.39. The molecular formula is C26H31N3O3S. The summed E-state index contributed by atoms with van der Waals surface area (Å²) in [6.07, 6.45) is 3.29. The van der Waals surface area contributed by atoms with Crippen LogP contribution in [0.1, 0.15) is 50.5 Å². The topological polar surface area (TPSA) is 63.6 Å². The fourth-order valence-electron chi connectivity index (χ4n) is 5.48. The number of amides is 2. The van der Waals surface area contributed by atoms with Crippen LogP contribution < -0.4 is 15.0 Å². The van der Waals surface area contributed by atoms with Crippen LogP contribution in [0, 0.1) is 11.8 Å². The number of carbonyl (C=O) groups excluding carboxylic acids is 2. The Balaban J connectivity index is 1.59. The number of nitrogens with zero attached hydrogens (tertiary/aromatic N) is 2. The summed E-state index contributed by atoms with van der Waals surface area (Å²) < 4.78 is 8.49. The van der Waals surface area contributed by atoms with E-state index in [0.717, 1.165) is 23.1 Å². The lowest BCUT2D eigenvalue weighted by Crippen LogP contribution is -2.66. The summed E-state index contributed by atoms with van der Waals surface area (Å²) in [6, 6.07) is 11.5. The fraction of sp³-hybridized carbons (Fsp3) is 0.462. The second-order valence-corrected chi connectivity index (χ2v) is 10.7. The maximum absolute atomic E-state index is 14.0. The predicted molar refractivity (Wildman–Crippen MR) is 132 cm³/mol. The maximum Gasteiger partial charge on any atom is 0.275 e. The van der Waals surface area contributed by atoms with Gasteiger partial charge in [-0.05, 0) is 54.8 Å². The van der Waals surface area contributed by atoms with Crippen molar-refractivity contribution in [1.29, 1.82) is 0 Å². The molecule has 1 fully saturated rings. The number of rotatable bonds is 4. The Labute approximate surface area is 198 Å². The maximum atomic E-state index is 14.0. The molecule has 4 atom stereocenters. The van der Waals surface area contributed by atoms with Gasteiger partial charge < -0.3 is 14.6 Å². The van der Waals surface area contributed by atoms with Crippen LogP contribution in [-0.2, 0) is 11.3 Å². The average molecular weight is 466 g/mol. The van der Waals surface area contributed by atoms with Crippen molar-refractivity contribution in [2.75, 3.05) is 12.0 Å². The van der Waals surface area contributed by atoms with Gasteiger partial charge in [0.25, 0.3) is 5.91 Å². The largest absolute Gasteiger partial charge is 0.497 e. The average Bonchev–Trinajstić information content (AvgIpc) is 3.39. The molecule has 2 aliphatic rings. The van der Waals surface area contributed by atoms with Crippen molar-refractivity contribution in [2.24, 2.45) is 11.8 Å². The third kappa shape index (κ3) is 3.53. The van der Waals surface area contributed by atoms with Gasteiger partial charge in [0.1, 0.15) is 17.0 Å². The van der Waals surface area contributed by atoms with Crippen LogP contribution in [0.15, 0.2) is 41.8 Å². The van der Waals surface area contributed by atoms with Crippen molar-refractivity contribution < 1.29 is 14.3 Å². The molecule has 0 saturated heterocycles. The van der Waals surface area contributed by atoms with Gasteiger partial charge in [-0.3, -0.25) is 14.5 Å². The number of methoxy groups -OCH3 is 1. The van der Waals surface area contributed by atoms with E-state index in [0.29, 0.717) is 35.5 Å². The third-order valence-corrected chi connectivity index (χ3v) is 8.58. The fourth-order valence-corrected chi connectivity index (χ4v) is 6.30. The first-order valence-corrected chi connectivity index (χ1v) is 12.6. The van der Waals surface area contributed by atoms with Crippen molar-refractivity contribution in [1.82, 2.24) is 9.88 Å². The van der Waals surface area contributed by atoms with Gasteiger partial charge in [0.15, 0.2) is 0 Å². The van der Waals surface area contributed by atoms with Gasteiger partial charge in [-0.1, -0.05) is 32.8 Å². The summed E-state index contributed by atoms with van der Waals surface area (Å²) in [7, 11) is 1.61.